The number of piperidine rings is 1. The van der Waals surface area contributed by atoms with Gasteiger partial charge in [-0.25, -0.2) is 18.4 Å². The molecule has 1 aliphatic carbocycles. The van der Waals surface area contributed by atoms with E-state index in [1.165, 1.54) is 6.42 Å². The van der Waals surface area contributed by atoms with Crippen molar-refractivity contribution in [2.75, 3.05) is 13.1 Å². The summed E-state index contributed by atoms with van der Waals surface area (Å²) in [5.74, 6) is 1.71. The van der Waals surface area contributed by atoms with E-state index in [4.69, 9.17) is 0 Å². The van der Waals surface area contributed by atoms with Crippen LogP contribution in [0.3, 0.4) is 0 Å². The molecule has 0 spiro atoms. The maximum absolute atomic E-state index is 13.5. The maximum atomic E-state index is 13.5. The zero-order chi connectivity index (χ0) is 18.5. The molecule has 2 aliphatic rings. The van der Waals surface area contributed by atoms with Crippen LogP contribution in [0.2, 0.25) is 0 Å². The molecule has 26 heavy (non-hydrogen) atoms. The van der Waals surface area contributed by atoms with Crippen LogP contribution in [0.4, 0.5) is 0 Å². The average Bonchev–Trinajstić information content (AvgIpc) is 2.95. The number of rotatable bonds is 3. The van der Waals surface area contributed by atoms with Gasteiger partial charge in [-0.1, -0.05) is 0 Å². The van der Waals surface area contributed by atoms with Crippen LogP contribution in [-0.4, -0.2) is 35.8 Å². The average molecular weight is 372 g/mol. The van der Waals surface area contributed by atoms with Crippen molar-refractivity contribution in [1.29, 1.82) is 0 Å². The molecule has 2 bridgehead atoms. The summed E-state index contributed by atoms with van der Waals surface area (Å²) in [6.45, 7) is 7.09. The smallest absolute Gasteiger partial charge is 0.241 e. The summed E-state index contributed by atoms with van der Waals surface area (Å²) in [5, 5.41) is 0. The van der Waals surface area contributed by atoms with Crippen LogP contribution >= 0.6 is 0 Å². The molecule has 0 amide bonds. The predicted molar refractivity (Wildman–Crippen MR) is 101 cm³/mol. The van der Waals surface area contributed by atoms with E-state index < -0.39 is 10.0 Å². The predicted octanol–water partition coefficient (Wildman–Crippen LogP) is 3.49. The van der Waals surface area contributed by atoms with E-state index in [1.807, 2.05) is 32.9 Å². The van der Waals surface area contributed by atoms with Gasteiger partial charge in [0.1, 0.15) is 5.82 Å². The van der Waals surface area contributed by atoms with Crippen LogP contribution in [0.5, 0.6) is 0 Å². The maximum Gasteiger partial charge on any atom is 0.243 e. The first-order chi connectivity index (χ1) is 12.3. The van der Waals surface area contributed by atoms with Gasteiger partial charge in [0.25, 0.3) is 0 Å². The molecule has 2 heterocycles. The molecular weight excluding hydrogens is 346 g/mol. The summed E-state index contributed by atoms with van der Waals surface area (Å²) in [7, 11) is -3.54. The Labute approximate surface area is 155 Å². The summed E-state index contributed by atoms with van der Waals surface area (Å²) in [6.07, 6.45) is 6.92. The van der Waals surface area contributed by atoms with Gasteiger partial charge in [0.2, 0.25) is 10.0 Å². The lowest BCUT2D eigenvalue weighted by atomic mass is 10.0. The Hall–Kier alpha value is -1.79. The number of sulfonamides is 1. The number of nitrogens with zero attached hydrogens (tertiary/aromatic N) is 3. The molecule has 5 nitrogen and oxygen atoms in total. The molecule has 1 aromatic heterocycles. The molecule has 2 fully saturated rings. The molecule has 138 valence electrons. The normalized spacial score (nSPS) is 23.3. The number of hydrogen-bond acceptors (Lipinski definition) is 4. The number of hydrogen-bond donors (Lipinski definition) is 0. The second kappa shape index (κ2) is 6.43. The topological polar surface area (TPSA) is 63.2 Å². The SMILES string of the molecule is Cc1ncc(-c2cc(C)c(C)cc2S(=O)(=O)N2C[C@@H]3CC[C@@H](C3)C2)cn1. The van der Waals surface area contributed by atoms with Crippen molar-refractivity contribution < 1.29 is 8.42 Å². The quantitative estimate of drug-likeness (QED) is 0.828. The summed E-state index contributed by atoms with van der Waals surface area (Å²) in [5.41, 5.74) is 3.50. The van der Waals surface area contributed by atoms with Gasteiger partial charge in [-0.15, -0.1) is 0 Å². The van der Waals surface area contributed by atoms with Gasteiger partial charge in [-0.2, -0.15) is 4.31 Å². The van der Waals surface area contributed by atoms with E-state index in [0.717, 1.165) is 29.5 Å². The molecule has 0 N–H and O–H groups in total. The summed E-state index contributed by atoms with van der Waals surface area (Å²) in [6, 6.07) is 3.77. The highest BCUT2D eigenvalue weighted by atomic mass is 32.2. The van der Waals surface area contributed by atoms with Gasteiger partial charge in [-0.3, -0.25) is 0 Å². The number of benzene rings is 1. The number of aromatic nitrogens is 2. The molecule has 1 saturated heterocycles. The fourth-order valence-electron chi connectivity index (χ4n) is 4.26. The third-order valence-electron chi connectivity index (χ3n) is 5.88. The van der Waals surface area contributed by atoms with E-state index in [9.17, 15) is 8.42 Å². The van der Waals surface area contributed by atoms with E-state index in [2.05, 4.69) is 9.97 Å². The lowest BCUT2D eigenvalue weighted by Gasteiger charge is -2.31. The molecule has 6 heteroatoms. The Morgan fingerprint density at radius 3 is 2.15 bits per heavy atom. The van der Waals surface area contributed by atoms with Crippen molar-refractivity contribution in [2.45, 2.75) is 44.9 Å². The zero-order valence-electron chi connectivity index (χ0n) is 15.6. The molecule has 4 rings (SSSR count). The minimum Gasteiger partial charge on any atom is -0.241 e. The van der Waals surface area contributed by atoms with Crippen LogP contribution in [-0.2, 0) is 10.0 Å². The molecule has 2 atom stereocenters. The van der Waals surface area contributed by atoms with E-state index in [1.54, 1.807) is 16.7 Å². The first-order valence-corrected chi connectivity index (χ1v) is 10.7. The van der Waals surface area contributed by atoms with Crippen LogP contribution in [0.25, 0.3) is 11.1 Å². The van der Waals surface area contributed by atoms with Crippen molar-refractivity contribution in [3.05, 3.63) is 41.5 Å². The first kappa shape index (κ1) is 17.6. The minimum absolute atomic E-state index is 0.384. The van der Waals surface area contributed by atoms with Crippen molar-refractivity contribution in [1.82, 2.24) is 14.3 Å². The molecular formula is C20H25N3O2S. The van der Waals surface area contributed by atoms with Crippen LogP contribution in [0.15, 0.2) is 29.4 Å². The highest BCUT2D eigenvalue weighted by Gasteiger charge is 2.39. The Morgan fingerprint density at radius 2 is 1.54 bits per heavy atom. The molecule has 1 aromatic carbocycles. The fraction of sp³-hybridized carbons (Fsp3) is 0.500. The number of aryl methyl sites for hydroxylation is 3. The third kappa shape index (κ3) is 3.05. The Bertz CT molecular complexity index is 926. The Kier molecular flexibility index (Phi) is 4.35. The molecule has 0 radical (unpaired) electrons. The van der Waals surface area contributed by atoms with E-state index in [0.29, 0.717) is 41.2 Å². The van der Waals surface area contributed by atoms with Crippen molar-refractivity contribution in [3.63, 3.8) is 0 Å². The second-order valence-corrected chi connectivity index (χ2v) is 9.73. The highest BCUT2D eigenvalue weighted by Crippen LogP contribution is 2.40. The van der Waals surface area contributed by atoms with Crippen LogP contribution in [0, 0.1) is 32.6 Å². The van der Waals surface area contributed by atoms with Gasteiger partial charge in [0.05, 0.1) is 4.90 Å². The minimum atomic E-state index is -3.54. The molecule has 2 aromatic rings. The molecule has 1 saturated carbocycles. The van der Waals surface area contributed by atoms with Crippen molar-refractivity contribution in [2.24, 2.45) is 11.8 Å². The molecule has 0 unspecified atom stereocenters. The number of fused-ring (bicyclic) bond motifs is 2. The summed E-state index contributed by atoms with van der Waals surface area (Å²) < 4.78 is 28.7. The summed E-state index contributed by atoms with van der Waals surface area (Å²) in [4.78, 5) is 8.90. The third-order valence-corrected chi connectivity index (χ3v) is 7.75. The highest BCUT2D eigenvalue weighted by molar-refractivity contribution is 7.89. The second-order valence-electron chi connectivity index (χ2n) is 7.82. The largest absolute Gasteiger partial charge is 0.243 e. The Balaban J connectivity index is 1.82. The zero-order valence-corrected chi connectivity index (χ0v) is 16.4. The standard InChI is InChI=1S/C20H25N3O2S/c1-13-6-19(18-9-21-15(3)22-10-18)20(7-14(13)2)26(24,25)23-11-16-4-5-17(8-16)12-23/h6-7,9-10,16-17H,4-5,8,11-12H2,1-3H3/t16-,17+. The van der Waals surface area contributed by atoms with E-state index >= 15 is 0 Å². The van der Waals surface area contributed by atoms with Gasteiger partial charge in [0, 0.05) is 36.6 Å². The van der Waals surface area contributed by atoms with Gasteiger partial charge in [-0.05, 0) is 75.1 Å². The lowest BCUT2D eigenvalue weighted by molar-refractivity contribution is 0.261. The fourth-order valence-corrected chi connectivity index (χ4v) is 6.13. The van der Waals surface area contributed by atoms with Crippen LogP contribution < -0.4 is 0 Å². The molecule has 1 aliphatic heterocycles. The van der Waals surface area contributed by atoms with Gasteiger partial charge < -0.3 is 0 Å². The van der Waals surface area contributed by atoms with Gasteiger partial charge in [0.15, 0.2) is 0 Å². The monoisotopic (exact) mass is 371 g/mol. The van der Waals surface area contributed by atoms with Gasteiger partial charge >= 0.3 is 0 Å². The lowest BCUT2D eigenvalue weighted by Crippen LogP contribution is -2.40. The first-order valence-electron chi connectivity index (χ1n) is 9.25. The van der Waals surface area contributed by atoms with Crippen molar-refractivity contribution >= 4 is 10.0 Å². The van der Waals surface area contributed by atoms with E-state index in [-0.39, 0.29) is 0 Å². The summed E-state index contributed by atoms with van der Waals surface area (Å²) >= 11 is 0. The van der Waals surface area contributed by atoms with Crippen LogP contribution in [0.1, 0.15) is 36.2 Å². The Morgan fingerprint density at radius 1 is 0.962 bits per heavy atom. The van der Waals surface area contributed by atoms with Crippen molar-refractivity contribution in [3.8, 4) is 11.1 Å².